The molecule has 0 fully saturated rings. The SMILES string of the molecule is CCOC(=O)C(CCCOc1ccc(-c2ccc(OCc3ccc(C#N)cc3)cc2)cc1)C(=O)OCC. The maximum atomic E-state index is 12.1. The Morgan fingerprint density at radius 2 is 1.27 bits per heavy atom. The van der Waals surface area contributed by atoms with Gasteiger partial charge in [-0.2, -0.15) is 5.26 Å². The third-order valence-electron chi connectivity index (χ3n) is 5.58. The molecule has 3 aromatic rings. The number of carbonyl (C=O) groups is 2. The topological polar surface area (TPSA) is 94.9 Å². The van der Waals surface area contributed by atoms with Crippen molar-refractivity contribution in [2.75, 3.05) is 19.8 Å². The van der Waals surface area contributed by atoms with Gasteiger partial charge in [-0.15, -0.1) is 0 Å². The van der Waals surface area contributed by atoms with Crippen LogP contribution in [0.25, 0.3) is 11.1 Å². The van der Waals surface area contributed by atoms with E-state index in [0.29, 0.717) is 37.4 Å². The van der Waals surface area contributed by atoms with E-state index in [1.165, 1.54) is 0 Å². The maximum absolute atomic E-state index is 12.1. The minimum absolute atomic E-state index is 0.214. The lowest BCUT2D eigenvalue weighted by Gasteiger charge is -2.14. The largest absolute Gasteiger partial charge is 0.494 e. The minimum Gasteiger partial charge on any atom is -0.494 e. The minimum atomic E-state index is -0.929. The van der Waals surface area contributed by atoms with Gasteiger partial charge in [0, 0.05) is 0 Å². The van der Waals surface area contributed by atoms with Crippen molar-refractivity contribution in [2.24, 2.45) is 5.92 Å². The van der Waals surface area contributed by atoms with E-state index >= 15 is 0 Å². The maximum Gasteiger partial charge on any atom is 0.320 e. The van der Waals surface area contributed by atoms with E-state index in [2.05, 4.69) is 6.07 Å². The molecule has 3 aromatic carbocycles. The number of nitrogens with zero attached hydrogens (tertiary/aromatic N) is 1. The molecule has 0 aliphatic carbocycles. The van der Waals surface area contributed by atoms with Gasteiger partial charge in [0.05, 0.1) is 31.5 Å². The van der Waals surface area contributed by atoms with Gasteiger partial charge in [-0.1, -0.05) is 36.4 Å². The van der Waals surface area contributed by atoms with Crippen molar-refractivity contribution < 1.29 is 28.5 Å². The highest BCUT2D eigenvalue weighted by atomic mass is 16.6. The molecule has 0 amide bonds. The standard InChI is InChI=1S/C30H31NO6/c1-3-34-29(32)28(30(33)35-4-2)6-5-19-36-26-15-11-24(12-16-26)25-13-17-27(18-14-25)37-21-23-9-7-22(20-31)8-10-23/h7-18,28H,3-6,19,21H2,1-2H3. The lowest BCUT2D eigenvalue weighted by molar-refractivity contribution is -0.162. The summed E-state index contributed by atoms with van der Waals surface area (Å²) >= 11 is 0. The molecule has 37 heavy (non-hydrogen) atoms. The molecule has 0 atom stereocenters. The Morgan fingerprint density at radius 1 is 0.757 bits per heavy atom. The summed E-state index contributed by atoms with van der Waals surface area (Å²) in [6, 6.07) is 25.0. The molecule has 0 heterocycles. The van der Waals surface area contributed by atoms with Crippen molar-refractivity contribution in [3.63, 3.8) is 0 Å². The van der Waals surface area contributed by atoms with Crippen molar-refractivity contribution in [2.45, 2.75) is 33.3 Å². The molecule has 192 valence electrons. The van der Waals surface area contributed by atoms with Crippen LogP contribution in [0.4, 0.5) is 0 Å². The number of ether oxygens (including phenoxy) is 4. The normalized spacial score (nSPS) is 10.4. The number of benzene rings is 3. The zero-order chi connectivity index (χ0) is 26.5. The van der Waals surface area contributed by atoms with E-state index in [9.17, 15) is 9.59 Å². The van der Waals surface area contributed by atoms with Gasteiger partial charge in [-0.05, 0) is 79.8 Å². The molecule has 0 N–H and O–H groups in total. The zero-order valence-corrected chi connectivity index (χ0v) is 21.1. The van der Waals surface area contributed by atoms with Gasteiger partial charge in [-0.25, -0.2) is 0 Å². The third-order valence-corrected chi connectivity index (χ3v) is 5.58. The van der Waals surface area contributed by atoms with Crippen LogP contribution in [0.1, 0.15) is 37.8 Å². The predicted molar refractivity (Wildman–Crippen MR) is 139 cm³/mol. The van der Waals surface area contributed by atoms with Crippen LogP contribution in [-0.4, -0.2) is 31.8 Å². The highest BCUT2D eigenvalue weighted by molar-refractivity contribution is 5.94. The first-order chi connectivity index (χ1) is 18.0. The molecular formula is C30H31NO6. The molecule has 3 rings (SSSR count). The van der Waals surface area contributed by atoms with Crippen LogP contribution in [0.3, 0.4) is 0 Å². The van der Waals surface area contributed by atoms with Gasteiger partial charge in [0.1, 0.15) is 18.1 Å². The average Bonchev–Trinajstić information content (AvgIpc) is 2.93. The highest BCUT2D eigenvalue weighted by Crippen LogP contribution is 2.25. The fourth-order valence-electron chi connectivity index (χ4n) is 3.62. The summed E-state index contributed by atoms with van der Waals surface area (Å²) < 4.78 is 21.6. The van der Waals surface area contributed by atoms with Crippen LogP contribution in [0, 0.1) is 17.2 Å². The molecule has 0 bridgehead atoms. The smallest absolute Gasteiger partial charge is 0.320 e. The van der Waals surface area contributed by atoms with Crippen LogP contribution in [0.5, 0.6) is 11.5 Å². The molecule has 0 saturated carbocycles. The molecule has 0 aliphatic rings. The van der Waals surface area contributed by atoms with E-state index in [-0.39, 0.29) is 13.2 Å². The van der Waals surface area contributed by atoms with Gasteiger partial charge in [-0.3, -0.25) is 9.59 Å². The van der Waals surface area contributed by atoms with Crippen molar-refractivity contribution in [3.05, 3.63) is 83.9 Å². The Morgan fingerprint density at radius 3 is 1.76 bits per heavy atom. The Labute approximate surface area is 217 Å². The number of hydrogen-bond donors (Lipinski definition) is 0. The van der Waals surface area contributed by atoms with Gasteiger partial charge in [0.15, 0.2) is 5.92 Å². The molecule has 7 nitrogen and oxygen atoms in total. The van der Waals surface area contributed by atoms with E-state index < -0.39 is 17.9 Å². The fourth-order valence-corrected chi connectivity index (χ4v) is 3.62. The summed E-state index contributed by atoms with van der Waals surface area (Å²) in [5.74, 6) is -0.583. The quantitative estimate of drug-likeness (QED) is 0.168. The van der Waals surface area contributed by atoms with Crippen LogP contribution in [0.2, 0.25) is 0 Å². The first kappa shape index (κ1) is 27.3. The summed E-state index contributed by atoms with van der Waals surface area (Å²) in [7, 11) is 0. The number of hydrogen-bond acceptors (Lipinski definition) is 7. The van der Waals surface area contributed by atoms with Crippen LogP contribution >= 0.6 is 0 Å². The van der Waals surface area contributed by atoms with Gasteiger partial charge in [0.25, 0.3) is 0 Å². The molecule has 7 heteroatoms. The molecule has 0 spiro atoms. The third kappa shape index (κ3) is 8.39. The van der Waals surface area contributed by atoms with E-state index in [1.54, 1.807) is 26.0 Å². The molecule has 0 unspecified atom stereocenters. The van der Waals surface area contributed by atoms with Crippen molar-refractivity contribution in [1.29, 1.82) is 5.26 Å². The Bertz CT molecular complexity index is 1160. The Hall–Kier alpha value is -4.31. The fraction of sp³-hybridized carbons (Fsp3) is 0.300. The monoisotopic (exact) mass is 501 g/mol. The Balaban J connectivity index is 1.47. The summed E-state index contributed by atoms with van der Waals surface area (Å²) in [5, 5.41) is 8.89. The molecule has 0 radical (unpaired) electrons. The molecule has 0 aromatic heterocycles. The number of rotatable bonds is 13. The summed E-state index contributed by atoms with van der Waals surface area (Å²) in [6.45, 7) is 4.62. The molecular weight excluding hydrogens is 470 g/mol. The summed E-state index contributed by atoms with van der Waals surface area (Å²) in [5.41, 5.74) is 3.71. The first-order valence-corrected chi connectivity index (χ1v) is 12.3. The van der Waals surface area contributed by atoms with Crippen molar-refractivity contribution >= 4 is 11.9 Å². The van der Waals surface area contributed by atoms with Gasteiger partial charge in [0.2, 0.25) is 0 Å². The molecule has 0 saturated heterocycles. The highest BCUT2D eigenvalue weighted by Gasteiger charge is 2.28. The number of carbonyl (C=O) groups excluding carboxylic acids is 2. The van der Waals surface area contributed by atoms with Crippen LogP contribution in [0.15, 0.2) is 72.8 Å². The average molecular weight is 502 g/mol. The number of esters is 2. The lowest BCUT2D eigenvalue weighted by atomic mass is 10.0. The second-order valence-corrected chi connectivity index (χ2v) is 8.19. The first-order valence-electron chi connectivity index (χ1n) is 12.3. The van der Waals surface area contributed by atoms with Gasteiger partial charge >= 0.3 is 11.9 Å². The summed E-state index contributed by atoms with van der Waals surface area (Å²) in [4.78, 5) is 24.1. The van der Waals surface area contributed by atoms with Crippen LogP contribution < -0.4 is 9.47 Å². The predicted octanol–water partition coefficient (Wildman–Crippen LogP) is 5.71. The Kier molecular flexibility index (Phi) is 10.5. The zero-order valence-electron chi connectivity index (χ0n) is 21.1. The van der Waals surface area contributed by atoms with E-state index in [4.69, 9.17) is 24.2 Å². The van der Waals surface area contributed by atoms with Gasteiger partial charge < -0.3 is 18.9 Å². The molecule has 0 aliphatic heterocycles. The van der Waals surface area contributed by atoms with E-state index in [1.807, 2.05) is 60.7 Å². The second-order valence-electron chi connectivity index (χ2n) is 8.19. The van der Waals surface area contributed by atoms with E-state index in [0.717, 1.165) is 22.4 Å². The number of nitriles is 1. The van der Waals surface area contributed by atoms with Crippen molar-refractivity contribution in [1.82, 2.24) is 0 Å². The summed E-state index contributed by atoms with van der Waals surface area (Å²) in [6.07, 6.45) is 0.809. The lowest BCUT2D eigenvalue weighted by Crippen LogP contribution is -2.28. The second kappa shape index (κ2) is 14.3. The van der Waals surface area contributed by atoms with Crippen LogP contribution in [-0.2, 0) is 25.7 Å². The van der Waals surface area contributed by atoms with Crippen molar-refractivity contribution in [3.8, 4) is 28.7 Å².